The van der Waals surface area contributed by atoms with E-state index in [2.05, 4.69) is 13.8 Å². The van der Waals surface area contributed by atoms with Crippen molar-refractivity contribution in [2.75, 3.05) is 13.1 Å². The Morgan fingerprint density at radius 2 is 1.82 bits per heavy atom. The van der Waals surface area contributed by atoms with Crippen LogP contribution in [-0.2, 0) is 14.8 Å². The molecule has 1 saturated heterocycles. The van der Waals surface area contributed by atoms with Gasteiger partial charge in [0.05, 0.1) is 10.8 Å². The minimum absolute atomic E-state index is 0.270. The molecule has 2 rings (SSSR count). The molecule has 0 radical (unpaired) electrons. The zero-order valence-electron chi connectivity index (χ0n) is 13.0. The summed E-state index contributed by atoms with van der Waals surface area (Å²) in [6.45, 7) is 4.75. The van der Waals surface area contributed by atoms with Gasteiger partial charge in [0.25, 0.3) is 0 Å². The van der Waals surface area contributed by atoms with Crippen LogP contribution in [0.1, 0.15) is 44.6 Å². The van der Waals surface area contributed by atoms with Crippen LogP contribution >= 0.6 is 0 Å². The van der Waals surface area contributed by atoms with E-state index in [-0.39, 0.29) is 18.0 Å². The fourth-order valence-corrected chi connectivity index (χ4v) is 4.17. The van der Waals surface area contributed by atoms with Crippen LogP contribution in [0.4, 0.5) is 0 Å². The Morgan fingerprint density at radius 3 is 2.27 bits per heavy atom. The van der Waals surface area contributed by atoms with Crippen LogP contribution in [0.3, 0.4) is 0 Å². The molecule has 6 heteroatoms. The van der Waals surface area contributed by atoms with Crippen LogP contribution in [0.2, 0.25) is 0 Å². The molecule has 0 aliphatic carbocycles. The predicted octanol–water partition coefficient (Wildman–Crippen LogP) is 2.69. The number of carboxylic acid groups (broad SMARTS) is 1. The maximum Gasteiger partial charge on any atom is 0.306 e. The number of rotatable bonds is 5. The third kappa shape index (κ3) is 3.50. The molecule has 1 aliphatic rings. The average Bonchev–Trinajstić information content (AvgIpc) is 2.54. The third-order valence-electron chi connectivity index (χ3n) is 4.50. The maximum atomic E-state index is 12.6. The summed E-state index contributed by atoms with van der Waals surface area (Å²) < 4.78 is 26.6. The summed E-state index contributed by atoms with van der Waals surface area (Å²) in [7, 11) is -3.52. The topological polar surface area (TPSA) is 74.7 Å². The first kappa shape index (κ1) is 17.0. The highest BCUT2D eigenvalue weighted by Gasteiger charge is 2.31. The van der Waals surface area contributed by atoms with E-state index in [1.807, 2.05) is 12.1 Å². The second-order valence-electron chi connectivity index (χ2n) is 5.89. The second-order valence-corrected chi connectivity index (χ2v) is 7.83. The lowest BCUT2D eigenvalue weighted by molar-refractivity contribution is -0.142. The van der Waals surface area contributed by atoms with Gasteiger partial charge in [-0.25, -0.2) is 8.42 Å². The first-order valence-corrected chi connectivity index (χ1v) is 9.13. The van der Waals surface area contributed by atoms with Gasteiger partial charge in [0, 0.05) is 13.1 Å². The Hall–Kier alpha value is -1.40. The van der Waals surface area contributed by atoms with Gasteiger partial charge >= 0.3 is 5.97 Å². The smallest absolute Gasteiger partial charge is 0.306 e. The molecule has 22 heavy (non-hydrogen) atoms. The molecule has 1 aromatic rings. The van der Waals surface area contributed by atoms with Crippen LogP contribution in [0.25, 0.3) is 0 Å². The highest BCUT2D eigenvalue weighted by atomic mass is 32.2. The number of hydrogen-bond acceptors (Lipinski definition) is 3. The molecule has 122 valence electrons. The van der Waals surface area contributed by atoms with Crippen LogP contribution in [0.5, 0.6) is 0 Å². The molecule has 1 aliphatic heterocycles. The van der Waals surface area contributed by atoms with Crippen LogP contribution in [-0.4, -0.2) is 36.9 Å². The zero-order valence-corrected chi connectivity index (χ0v) is 13.8. The van der Waals surface area contributed by atoms with E-state index in [0.29, 0.717) is 18.8 Å². The fourth-order valence-electron chi connectivity index (χ4n) is 2.70. The molecule has 0 bridgehead atoms. The summed E-state index contributed by atoms with van der Waals surface area (Å²) in [4.78, 5) is 11.2. The molecule has 1 N–H and O–H groups in total. The Kier molecular flexibility index (Phi) is 5.24. The Bertz CT molecular complexity index is 616. The number of nitrogens with zero attached hydrogens (tertiary/aromatic N) is 1. The Morgan fingerprint density at radius 1 is 1.27 bits per heavy atom. The number of hydrogen-bond donors (Lipinski definition) is 1. The molecular formula is C16H23NO4S. The molecule has 0 amide bonds. The summed E-state index contributed by atoms with van der Waals surface area (Å²) >= 11 is 0. The van der Waals surface area contributed by atoms with Crippen molar-refractivity contribution in [3.8, 4) is 0 Å². The number of benzene rings is 1. The van der Waals surface area contributed by atoms with Gasteiger partial charge < -0.3 is 5.11 Å². The first-order valence-electron chi connectivity index (χ1n) is 7.69. The number of piperidine rings is 1. The average molecular weight is 325 g/mol. The van der Waals surface area contributed by atoms with Crippen LogP contribution in [0, 0.1) is 5.92 Å². The minimum Gasteiger partial charge on any atom is -0.481 e. The second kappa shape index (κ2) is 6.79. The normalized spacial score (nSPS) is 19.0. The molecule has 0 unspecified atom stereocenters. The minimum atomic E-state index is -3.52. The van der Waals surface area contributed by atoms with Gasteiger partial charge in [-0.3, -0.25) is 4.79 Å². The van der Waals surface area contributed by atoms with Gasteiger partial charge in [-0.2, -0.15) is 4.31 Å². The predicted molar refractivity (Wildman–Crippen MR) is 84.3 cm³/mol. The van der Waals surface area contributed by atoms with Crippen LogP contribution in [0.15, 0.2) is 29.2 Å². The lowest BCUT2D eigenvalue weighted by atomic mass is 9.99. The summed E-state index contributed by atoms with van der Waals surface area (Å²) in [6.07, 6.45) is 1.76. The first-order chi connectivity index (χ1) is 10.4. The van der Waals surface area contributed by atoms with Crippen molar-refractivity contribution in [2.45, 2.75) is 43.9 Å². The molecule has 1 heterocycles. The highest BCUT2D eigenvalue weighted by molar-refractivity contribution is 7.89. The van der Waals surface area contributed by atoms with Crippen molar-refractivity contribution < 1.29 is 18.3 Å². The molecule has 1 fully saturated rings. The molecule has 0 aromatic heterocycles. The van der Waals surface area contributed by atoms with E-state index < -0.39 is 21.9 Å². The van der Waals surface area contributed by atoms with Gasteiger partial charge in [0.1, 0.15) is 0 Å². The van der Waals surface area contributed by atoms with E-state index in [0.717, 1.165) is 12.0 Å². The van der Waals surface area contributed by atoms with E-state index in [9.17, 15) is 13.2 Å². The van der Waals surface area contributed by atoms with Crippen molar-refractivity contribution in [1.82, 2.24) is 4.31 Å². The molecule has 5 nitrogen and oxygen atoms in total. The van der Waals surface area contributed by atoms with Gasteiger partial charge in [0.15, 0.2) is 0 Å². The van der Waals surface area contributed by atoms with Crippen molar-refractivity contribution in [3.05, 3.63) is 29.8 Å². The van der Waals surface area contributed by atoms with Crippen molar-refractivity contribution >= 4 is 16.0 Å². The largest absolute Gasteiger partial charge is 0.481 e. The molecular weight excluding hydrogens is 302 g/mol. The zero-order chi connectivity index (χ0) is 16.3. The van der Waals surface area contributed by atoms with Crippen molar-refractivity contribution in [2.24, 2.45) is 5.92 Å². The van der Waals surface area contributed by atoms with Crippen molar-refractivity contribution in [1.29, 1.82) is 0 Å². The van der Waals surface area contributed by atoms with Gasteiger partial charge in [-0.15, -0.1) is 0 Å². The summed E-state index contributed by atoms with van der Waals surface area (Å²) in [5.74, 6) is -0.864. The molecule has 0 spiro atoms. The standard InChI is InChI=1S/C16H23NO4S/c1-3-12(2)13-4-6-15(7-5-13)22(20,21)17-10-8-14(9-11-17)16(18)19/h4-7,12,14H,3,8-11H2,1-2H3,(H,18,19)/t12-/m1/s1. The molecule has 1 atom stereocenters. The van der Waals surface area contributed by atoms with E-state index >= 15 is 0 Å². The third-order valence-corrected chi connectivity index (χ3v) is 6.42. The molecule has 0 saturated carbocycles. The highest BCUT2D eigenvalue weighted by Crippen LogP contribution is 2.26. The van der Waals surface area contributed by atoms with Gasteiger partial charge in [-0.1, -0.05) is 26.0 Å². The number of sulfonamides is 1. The molecule has 1 aromatic carbocycles. The number of aliphatic carboxylic acids is 1. The van der Waals surface area contributed by atoms with E-state index in [1.54, 1.807) is 12.1 Å². The number of carboxylic acids is 1. The summed E-state index contributed by atoms with van der Waals surface area (Å²) in [6, 6.07) is 7.04. The van der Waals surface area contributed by atoms with E-state index in [1.165, 1.54) is 4.31 Å². The quantitative estimate of drug-likeness (QED) is 0.903. The summed E-state index contributed by atoms with van der Waals surface area (Å²) in [5, 5.41) is 8.98. The van der Waals surface area contributed by atoms with Crippen LogP contribution < -0.4 is 0 Å². The lowest BCUT2D eigenvalue weighted by Gasteiger charge is -2.29. The Balaban J connectivity index is 2.12. The SMILES string of the molecule is CC[C@@H](C)c1ccc(S(=O)(=O)N2CCC(C(=O)O)CC2)cc1. The maximum absolute atomic E-state index is 12.6. The van der Waals surface area contributed by atoms with Gasteiger partial charge in [0.2, 0.25) is 10.0 Å². The monoisotopic (exact) mass is 325 g/mol. The fraction of sp³-hybridized carbons (Fsp3) is 0.562. The lowest BCUT2D eigenvalue weighted by Crippen LogP contribution is -2.40. The van der Waals surface area contributed by atoms with Crippen molar-refractivity contribution in [3.63, 3.8) is 0 Å². The summed E-state index contributed by atoms with van der Waals surface area (Å²) in [5.41, 5.74) is 1.13. The van der Waals surface area contributed by atoms with Gasteiger partial charge in [-0.05, 0) is 42.9 Å². The number of carbonyl (C=O) groups is 1. The van der Waals surface area contributed by atoms with E-state index in [4.69, 9.17) is 5.11 Å². The Labute approximate surface area is 132 Å².